The number of amides is 1. The van der Waals surface area contributed by atoms with E-state index in [9.17, 15) is 9.18 Å². The van der Waals surface area contributed by atoms with E-state index in [-0.39, 0.29) is 17.1 Å². The zero-order valence-corrected chi connectivity index (χ0v) is 13.1. The standard InChI is InChI=1S/C12H13BrFNOS2/c1-17-5-4-15-11(16)7-18-12(15)8-2-3-10(14)9(13)6-8/h2-3,6,12H,4-5,7H2,1H3. The van der Waals surface area contributed by atoms with Gasteiger partial charge in [0.25, 0.3) is 0 Å². The first-order chi connectivity index (χ1) is 8.63. The molecule has 1 saturated heterocycles. The van der Waals surface area contributed by atoms with Crippen LogP contribution < -0.4 is 0 Å². The molecule has 1 aromatic carbocycles. The van der Waals surface area contributed by atoms with Crippen LogP contribution in [0.4, 0.5) is 4.39 Å². The Labute approximate surface area is 123 Å². The molecule has 1 aliphatic rings. The van der Waals surface area contributed by atoms with Gasteiger partial charge in [0, 0.05) is 12.3 Å². The third kappa shape index (κ3) is 3.03. The topological polar surface area (TPSA) is 20.3 Å². The molecule has 0 radical (unpaired) electrons. The van der Waals surface area contributed by atoms with E-state index >= 15 is 0 Å². The number of benzene rings is 1. The van der Waals surface area contributed by atoms with Crippen LogP contribution in [0.5, 0.6) is 0 Å². The van der Waals surface area contributed by atoms with Gasteiger partial charge < -0.3 is 4.90 Å². The van der Waals surface area contributed by atoms with Crippen LogP contribution in [0.25, 0.3) is 0 Å². The van der Waals surface area contributed by atoms with Gasteiger partial charge in [-0.15, -0.1) is 11.8 Å². The Morgan fingerprint density at radius 3 is 3.06 bits per heavy atom. The van der Waals surface area contributed by atoms with Gasteiger partial charge in [-0.05, 0) is 39.9 Å². The molecule has 0 spiro atoms. The monoisotopic (exact) mass is 349 g/mol. The van der Waals surface area contributed by atoms with Crippen LogP contribution in [0.15, 0.2) is 22.7 Å². The summed E-state index contributed by atoms with van der Waals surface area (Å²) in [5.74, 6) is 1.32. The number of hydrogen-bond acceptors (Lipinski definition) is 3. The fourth-order valence-electron chi connectivity index (χ4n) is 1.83. The number of hydrogen-bond donors (Lipinski definition) is 0. The largest absolute Gasteiger partial charge is 0.325 e. The first kappa shape index (κ1) is 14.2. The van der Waals surface area contributed by atoms with Crippen LogP contribution in [0.3, 0.4) is 0 Å². The minimum atomic E-state index is -0.274. The smallest absolute Gasteiger partial charge is 0.233 e. The summed E-state index contributed by atoms with van der Waals surface area (Å²) in [7, 11) is 0. The molecule has 1 atom stereocenters. The van der Waals surface area contributed by atoms with Gasteiger partial charge in [-0.3, -0.25) is 4.79 Å². The van der Waals surface area contributed by atoms with E-state index in [1.807, 2.05) is 11.2 Å². The third-order valence-corrected chi connectivity index (χ3v) is 5.19. The van der Waals surface area contributed by atoms with E-state index in [1.165, 1.54) is 6.07 Å². The Bertz CT molecular complexity index is 458. The number of carbonyl (C=O) groups excluding carboxylic acids is 1. The van der Waals surface area contributed by atoms with Gasteiger partial charge in [0.2, 0.25) is 5.91 Å². The average molecular weight is 350 g/mol. The molecule has 0 N–H and O–H groups in total. The molecule has 18 heavy (non-hydrogen) atoms. The van der Waals surface area contributed by atoms with Gasteiger partial charge in [0.1, 0.15) is 11.2 Å². The van der Waals surface area contributed by atoms with Crippen molar-refractivity contribution in [3.8, 4) is 0 Å². The molecular formula is C12H13BrFNOS2. The summed E-state index contributed by atoms with van der Waals surface area (Å²) in [6.07, 6.45) is 2.02. The van der Waals surface area contributed by atoms with E-state index in [0.29, 0.717) is 10.2 Å². The highest BCUT2D eigenvalue weighted by molar-refractivity contribution is 9.10. The summed E-state index contributed by atoms with van der Waals surface area (Å²) in [6.45, 7) is 0.743. The van der Waals surface area contributed by atoms with Crippen molar-refractivity contribution < 1.29 is 9.18 Å². The predicted molar refractivity (Wildman–Crippen MR) is 79.4 cm³/mol. The summed E-state index contributed by atoms with van der Waals surface area (Å²) < 4.78 is 13.7. The highest BCUT2D eigenvalue weighted by Crippen LogP contribution is 2.39. The molecule has 1 aromatic rings. The van der Waals surface area contributed by atoms with Crippen LogP contribution in [0, 0.1) is 5.82 Å². The van der Waals surface area contributed by atoms with Crippen molar-refractivity contribution in [3.05, 3.63) is 34.1 Å². The first-order valence-corrected chi connectivity index (χ1v) is 8.72. The van der Waals surface area contributed by atoms with Crippen LogP contribution >= 0.6 is 39.5 Å². The number of nitrogens with zero attached hydrogens (tertiary/aromatic N) is 1. The van der Waals surface area contributed by atoms with Crippen molar-refractivity contribution in [1.82, 2.24) is 4.90 Å². The first-order valence-electron chi connectivity index (χ1n) is 5.48. The summed E-state index contributed by atoms with van der Waals surface area (Å²) >= 11 is 6.51. The predicted octanol–water partition coefficient (Wildman–Crippen LogP) is 3.53. The zero-order valence-electron chi connectivity index (χ0n) is 9.86. The minimum absolute atomic E-state index is 0.0153. The zero-order chi connectivity index (χ0) is 13.1. The van der Waals surface area contributed by atoms with Crippen molar-refractivity contribution in [2.24, 2.45) is 0 Å². The molecular weight excluding hydrogens is 337 g/mol. The van der Waals surface area contributed by atoms with E-state index in [2.05, 4.69) is 15.9 Å². The maximum atomic E-state index is 13.2. The van der Waals surface area contributed by atoms with Gasteiger partial charge in [-0.1, -0.05) is 6.07 Å². The van der Waals surface area contributed by atoms with Gasteiger partial charge >= 0.3 is 0 Å². The Hall–Kier alpha value is -0.200. The van der Waals surface area contributed by atoms with Gasteiger partial charge in [0.15, 0.2) is 0 Å². The lowest BCUT2D eigenvalue weighted by atomic mass is 10.2. The van der Waals surface area contributed by atoms with Gasteiger partial charge in [-0.25, -0.2) is 4.39 Å². The van der Waals surface area contributed by atoms with Crippen molar-refractivity contribution in [1.29, 1.82) is 0 Å². The average Bonchev–Trinajstić information content (AvgIpc) is 2.72. The normalized spacial score (nSPS) is 19.6. The Morgan fingerprint density at radius 1 is 1.61 bits per heavy atom. The SMILES string of the molecule is CSCCN1C(=O)CSC1c1ccc(F)c(Br)c1. The lowest BCUT2D eigenvalue weighted by Crippen LogP contribution is -2.30. The highest BCUT2D eigenvalue weighted by atomic mass is 79.9. The molecule has 0 saturated carbocycles. The Kier molecular flexibility index (Phi) is 4.98. The molecule has 2 rings (SSSR count). The van der Waals surface area contributed by atoms with Gasteiger partial charge in [-0.2, -0.15) is 11.8 Å². The Balaban J connectivity index is 2.19. The molecule has 2 nitrogen and oxygen atoms in total. The number of rotatable bonds is 4. The third-order valence-electron chi connectivity index (χ3n) is 2.73. The molecule has 1 aliphatic heterocycles. The van der Waals surface area contributed by atoms with E-state index in [4.69, 9.17) is 0 Å². The second kappa shape index (κ2) is 6.30. The molecule has 0 bridgehead atoms. The van der Waals surface area contributed by atoms with E-state index in [0.717, 1.165) is 17.9 Å². The molecule has 0 aromatic heterocycles. The summed E-state index contributed by atoms with van der Waals surface area (Å²) in [5.41, 5.74) is 0.972. The van der Waals surface area contributed by atoms with Crippen LogP contribution in [-0.4, -0.2) is 35.1 Å². The number of thioether (sulfide) groups is 2. The Morgan fingerprint density at radius 2 is 2.39 bits per heavy atom. The summed E-state index contributed by atoms with van der Waals surface area (Å²) in [6, 6.07) is 4.95. The van der Waals surface area contributed by atoms with Crippen LogP contribution in [0.1, 0.15) is 10.9 Å². The fraction of sp³-hybridized carbons (Fsp3) is 0.417. The highest BCUT2D eigenvalue weighted by Gasteiger charge is 2.32. The fourth-order valence-corrected chi connectivity index (χ4v) is 3.81. The molecule has 1 fully saturated rings. The second-order valence-corrected chi connectivity index (χ2v) is 6.83. The van der Waals surface area contributed by atoms with Crippen molar-refractivity contribution in [2.45, 2.75) is 5.37 Å². The maximum absolute atomic E-state index is 13.2. The van der Waals surface area contributed by atoms with Crippen molar-refractivity contribution in [3.63, 3.8) is 0 Å². The number of halogens is 2. The number of carbonyl (C=O) groups is 1. The van der Waals surface area contributed by atoms with E-state index < -0.39 is 0 Å². The molecule has 1 unspecified atom stereocenters. The molecule has 1 amide bonds. The molecule has 98 valence electrons. The van der Waals surface area contributed by atoms with Crippen molar-refractivity contribution in [2.75, 3.05) is 24.3 Å². The van der Waals surface area contributed by atoms with Crippen LogP contribution in [-0.2, 0) is 4.79 Å². The quantitative estimate of drug-likeness (QED) is 0.829. The maximum Gasteiger partial charge on any atom is 0.233 e. The molecule has 0 aliphatic carbocycles. The molecule has 1 heterocycles. The van der Waals surface area contributed by atoms with Crippen molar-refractivity contribution >= 4 is 45.4 Å². The minimum Gasteiger partial charge on any atom is -0.325 e. The van der Waals surface area contributed by atoms with Gasteiger partial charge in [0.05, 0.1) is 10.2 Å². The molecule has 6 heteroatoms. The van der Waals surface area contributed by atoms with Crippen LogP contribution in [0.2, 0.25) is 0 Å². The summed E-state index contributed by atoms with van der Waals surface area (Å²) in [5, 5.41) is 0.0153. The lowest BCUT2D eigenvalue weighted by molar-refractivity contribution is -0.127. The second-order valence-electron chi connectivity index (χ2n) is 3.92. The van der Waals surface area contributed by atoms with E-state index in [1.54, 1.807) is 35.7 Å². The lowest BCUT2D eigenvalue weighted by Gasteiger charge is -2.24. The summed E-state index contributed by atoms with van der Waals surface area (Å²) in [4.78, 5) is 13.7.